The van der Waals surface area contributed by atoms with Crippen LogP contribution in [0.15, 0.2) is 18.2 Å². The fourth-order valence-electron chi connectivity index (χ4n) is 2.14. The fraction of sp³-hybridized carbons (Fsp3) is 0.467. The Morgan fingerprint density at radius 2 is 2.23 bits per heavy atom. The molecule has 6 nitrogen and oxygen atoms in total. The Labute approximate surface area is 134 Å². The molecule has 0 radical (unpaired) electrons. The minimum absolute atomic E-state index is 0.00311. The number of aryl methyl sites for hydroxylation is 1. The summed E-state index contributed by atoms with van der Waals surface area (Å²) >= 11 is 6.04. The minimum Gasteiger partial charge on any atom is -0.378 e. The number of hydrogen-bond donors (Lipinski definition) is 3. The summed E-state index contributed by atoms with van der Waals surface area (Å²) in [4.78, 5) is 23.6. The topological polar surface area (TPSA) is 79.5 Å². The highest BCUT2D eigenvalue weighted by molar-refractivity contribution is 6.33. The van der Waals surface area contributed by atoms with Gasteiger partial charge in [-0.05, 0) is 24.6 Å². The molecule has 0 bridgehead atoms. The van der Waals surface area contributed by atoms with Crippen molar-refractivity contribution in [2.75, 3.05) is 31.6 Å². The van der Waals surface area contributed by atoms with Gasteiger partial charge in [0.25, 0.3) is 0 Å². The second kappa shape index (κ2) is 8.12. The predicted molar refractivity (Wildman–Crippen MR) is 85.1 cm³/mol. The van der Waals surface area contributed by atoms with Crippen LogP contribution in [0.3, 0.4) is 0 Å². The lowest BCUT2D eigenvalue weighted by atomic mass is 10.2. The Hall–Kier alpha value is -1.63. The van der Waals surface area contributed by atoms with Crippen LogP contribution in [0.5, 0.6) is 0 Å². The molecule has 1 aliphatic heterocycles. The lowest BCUT2D eigenvalue weighted by Gasteiger charge is -2.23. The normalized spacial score (nSPS) is 17.8. The molecule has 0 aliphatic carbocycles. The summed E-state index contributed by atoms with van der Waals surface area (Å²) in [6.45, 7) is 3.75. The van der Waals surface area contributed by atoms with E-state index >= 15 is 0 Å². The molecule has 2 amide bonds. The van der Waals surface area contributed by atoms with Crippen molar-refractivity contribution >= 4 is 29.1 Å². The molecule has 1 aromatic rings. The molecule has 120 valence electrons. The zero-order valence-corrected chi connectivity index (χ0v) is 13.2. The molecule has 7 heteroatoms. The Morgan fingerprint density at radius 3 is 2.91 bits per heavy atom. The summed E-state index contributed by atoms with van der Waals surface area (Å²) in [5.41, 5.74) is 1.55. The average Bonchev–Trinajstić information content (AvgIpc) is 2.49. The molecule has 1 fully saturated rings. The molecular weight excluding hydrogens is 306 g/mol. The molecule has 1 aromatic carbocycles. The van der Waals surface area contributed by atoms with E-state index in [1.165, 1.54) is 0 Å². The molecule has 0 aromatic heterocycles. The molecular formula is C15H20ClN3O3. The Balaban J connectivity index is 1.73. The van der Waals surface area contributed by atoms with Gasteiger partial charge in [-0.3, -0.25) is 9.59 Å². The van der Waals surface area contributed by atoms with Crippen LogP contribution in [0.25, 0.3) is 0 Å². The minimum atomic E-state index is -0.313. The summed E-state index contributed by atoms with van der Waals surface area (Å²) in [5.74, 6) is -0.500. The Bertz CT molecular complexity index is 545. The van der Waals surface area contributed by atoms with Crippen molar-refractivity contribution in [3.8, 4) is 0 Å². The summed E-state index contributed by atoms with van der Waals surface area (Å²) in [6.07, 6.45) is 0.290. The molecule has 0 spiro atoms. The molecule has 1 aliphatic rings. The van der Waals surface area contributed by atoms with E-state index < -0.39 is 0 Å². The van der Waals surface area contributed by atoms with E-state index in [4.69, 9.17) is 16.3 Å². The number of nitrogens with one attached hydrogen (secondary N) is 3. The number of rotatable bonds is 5. The zero-order valence-electron chi connectivity index (χ0n) is 12.4. The number of amides is 2. The zero-order chi connectivity index (χ0) is 15.9. The molecule has 0 saturated carbocycles. The molecule has 2 rings (SSSR count). The largest absolute Gasteiger partial charge is 0.378 e. The Kier molecular flexibility index (Phi) is 6.18. The van der Waals surface area contributed by atoms with Gasteiger partial charge in [-0.1, -0.05) is 17.7 Å². The summed E-state index contributed by atoms with van der Waals surface area (Å²) in [7, 11) is 0. The van der Waals surface area contributed by atoms with Gasteiger partial charge >= 0.3 is 0 Å². The highest BCUT2D eigenvalue weighted by Crippen LogP contribution is 2.22. The number of carbonyl (C=O) groups excluding carboxylic acids is 2. The van der Waals surface area contributed by atoms with Crippen molar-refractivity contribution in [3.05, 3.63) is 28.8 Å². The van der Waals surface area contributed by atoms with Gasteiger partial charge in [0.05, 0.1) is 30.5 Å². The van der Waals surface area contributed by atoms with E-state index in [0.29, 0.717) is 30.3 Å². The quantitative estimate of drug-likeness (QED) is 0.757. The first-order chi connectivity index (χ1) is 10.5. The maximum Gasteiger partial charge on any atom is 0.243 e. The van der Waals surface area contributed by atoms with Crippen molar-refractivity contribution in [3.63, 3.8) is 0 Å². The van der Waals surface area contributed by atoms with Crippen LogP contribution >= 0.6 is 11.6 Å². The first-order valence-corrected chi connectivity index (χ1v) is 7.56. The third kappa shape index (κ3) is 5.29. The van der Waals surface area contributed by atoms with Crippen molar-refractivity contribution in [1.82, 2.24) is 10.6 Å². The third-order valence-electron chi connectivity index (χ3n) is 3.28. The highest BCUT2D eigenvalue weighted by atomic mass is 35.5. The van der Waals surface area contributed by atoms with E-state index in [-0.39, 0.29) is 24.4 Å². The van der Waals surface area contributed by atoms with Gasteiger partial charge in [0.15, 0.2) is 0 Å². The van der Waals surface area contributed by atoms with E-state index in [1.54, 1.807) is 12.1 Å². The van der Waals surface area contributed by atoms with Crippen molar-refractivity contribution in [1.29, 1.82) is 0 Å². The second-order valence-corrected chi connectivity index (χ2v) is 5.65. The number of hydrogen-bond acceptors (Lipinski definition) is 4. The van der Waals surface area contributed by atoms with E-state index in [1.807, 2.05) is 13.0 Å². The smallest absolute Gasteiger partial charge is 0.243 e. The van der Waals surface area contributed by atoms with Gasteiger partial charge in [-0.25, -0.2) is 0 Å². The summed E-state index contributed by atoms with van der Waals surface area (Å²) in [5, 5.41) is 8.92. The molecule has 1 atom stereocenters. The number of benzene rings is 1. The maximum atomic E-state index is 11.8. The first-order valence-electron chi connectivity index (χ1n) is 7.18. The monoisotopic (exact) mass is 325 g/mol. The number of carbonyl (C=O) groups is 2. The lowest BCUT2D eigenvalue weighted by Crippen LogP contribution is -2.45. The van der Waals surface area contributed by atoms with Crippen molar-refractivity contribution < 1.29 is 14.3 Å². The van der Waals surface area contributed by atoms with Crippen LogP contribution in [0, 0.1) is 6.92 Å². The summed E-state index contributed by atoms with van der Waals surface area (Å²) < 4.78 is 5.27. The molecule has 3 N–H and O–H groups in total. The highest BCUT2D eigenvalue weighted by Gasteiger charge is 2.17. The van der Waals surface area contributed by atoms with Crippen LogP contribution in [0.1, 0.15) is 12.0 Å². The van der Waals surface area contributed by atoms with Gasteiger partial charge in [0.2, 0.25) is 11.8 Å². The van der Waals surface area contributed by atoms with Crippen LogP contribution in [-0.2, 0) is 14.3 Å². The van der Waals surface area contributed by atoms with Crippen molar-refractivity contribution in [2.24, 2.45) is 0 Å². The van der Waals surface area contributed by atoms with Gasteiger partial charge in [-0.2, -0.15) is 0 Å². The summed E-state index contributed by atoms with van der Waals surface area (Å²) in [6, 6.07) is 5.36. The first kappa shape index (κ1) is 16.7. The second-order valence-electron chi connectivity index (χ2n) is 5.24. The number of anilines is 1. The number of ether oxygens (including phenoxy) is 1. The lowest BCUT2D eigenvalue weighted by molar-refractivity contribution is -0.125. The van der Waals surface area contributed by atoms with Crippen molar-refractivity contribution in [2.45, 2.75) is 19.4 Å². The predicted octanol–water partition coefficient (Wildman–Crippen LogP) is 1.08. The standard InChI is InChI=1S/C15H20ClN3O3/c1-10-2-3-13(12(16)6-10)19-15(21)8-18-14(20)7-11-9-22-5-4-17-11/h2-3,6,11,17H,4-5,7-9H2,1H3,(H,18,20)(H,19,21). The van der Waals surface area contributed by atoms with Gasteiger partial charge < -0.3 is 20.7 Å². The van der Waals surface area contributed by atoms with Gasteiger partial charge in [-0.15, -0.1) is 0 Å². The molecule has 1 unspecified atom stereocenters. The SMILES string of the molecule is Cc1ccc(NC(=O)CNC(=O)CC2COCCN2)c(Cl)c1. The van der Waals surface area contributed by atoms with E-state index in [2.05, 4.69) is 16.0 Å². The van der Waals surface area contributed by atoms with Gasteiger partial charge in [0, 0.05) is 19.0 Å². The van der Waals surface area contributed by atoms with E-state index in [9.17, 15) is 9.59 Å². The van der Waals surface area contributed by atoms with Crippen LogP contribution in [-0.4, -0.2) is 44.2 Å². The van der Waals surface area contributed by atoms with Gasteiger partial charge in [0.1, 0.15) is 0 Å². The van der Waals surface area contributed by atoms with Crippen LogP contribution in [0.4, 0.5) is 5.69 Å². The molecule has 1 heterocycles. The van der Waals surface area contributed by atoms with E-state index in [0.717, 1.165) is 12.1 Å². The van der Waals surface area contributed by atoms with Crippen LogP contribution in [0.2, 0.25) is 5.02 Å². The molecule has 1 saturated heterocycles. The number of halogens is 1. The maximum absolute atomic E-state index is 11.8. The Morgan fingerprint density at radius 1 is 1.41 bits per heavy atom. The third-order valence-corrected chi connectivity index (χ3v) is 3.59. The average molecular weight is 326 g/mol. The van der Waals surface area contributed by atoms with Crippen LogP contribution < -0.4 is 16.0 Å². The fourth-order valence-corrected chi connectivity index (χ4v) is 2.42. The number of morpholine rings is 1. The molecule has 22 heavy (non-hydrogen) atoms.